The highest BCUT2D eigenvalue weighted by Gasteiger charge is 2.26. The minimum atomic E-state index is -3.75. The van der Waals surface area contributed by atoms with Gasteiger partial charge in [0.05, 0.1) is 36.8 Å². The molecule has 0 fully saturated rings. The van der Waals surface area contributed by atoms with Crippen LogP contribution in [-0.4, -0.2) is 50.8 Å². The van der Waals surface area contributed by atoms with Gasteiger partial charge in [0, 0.05) is 25.7 Å². The van der Waals surface area contributed by atoms with Crippen LogP contribution in [0, 0.1) is 0 Å². The zero-order chi connectivity index (χ0) is 20.5. The molecular formula is C19H20ClN3O4S. The van der Waals surface area contributed by atoms with Crippen molar-refractivity contribution in [2.45, 2.75) is 4.90 Å². The van der Waals surface area contributed by atoms with Crippen LogP contribution in [0.15, 0.2) is 53.6 Å². The number of methoxy groups -OCH3 is 2. The van der Waals surface area contributed by atoms with E-state index in [9.17, 15) is 8.42 Å². The maximum Gasteiger partial charge on any atom is 0.246 e. The lowest BCUT2D eigenvalue weighted by molar-refractivity contribution is 0.385. The molecule has 3 aromatic rings. The van der Waals surface area contributed by atoms with Crippen molar-refractivity contribution >= 4 is 21.6 Å². The molecule has 1 heterocycles. The van der Waals surface area contributed by atoms with E-state index in [0.29, 0.717) is 27.7 Å². The topological polar surface area (TPSA) is 73.7 Å². The second-order valence-corrected chi connectivity index (χ2v) is 8.60. The van der Waals surface area contributed by atoms with Crippen LogP contribution < -0.4 is 9.47 Å². The monoisotopic (exact) mass is 421 g/mol. The molecule has 148 valence electrons. The summed E-state index contributed by atoms with van der Waals surface area (Å²) in [5.41, 5.74) is 1.84. The van der Waals surface area contributed by atoms with Crippen molar-refractivity contribution in [1.82, 2.24) is 14.1 Å². The Bertz CT molecular complexity index is 1110. The van der Waals surface area contributed by atoms with E-state index in [2.05, 4.69) is 5.10 Å². The van der Waals surface area contributed by atoms with E-state index in [4.69, 9.17) is 21.1 Å². The van der Waals surface area contributed by atoms with Crippen molar-refractivity contribution in [1.29, 1.82) is 0 Å². The Balaban J connectivity index is 2.30. The first-order valence-corrected chi connectivity index (χ1v) is 10.1. The Morgan fingerprint density at radius 3 is 2.32 bits per heavy atom. The van der Waals surface area contributed by atoms with Crippen LogP contribution in [0.3, 0.4) is 0 Å². The Morgan fingerprint density at radius 2 is 1.71 bits per heavy atom. The van der Waals surface area contributed by atoms with Crippen LogP contribution in [0.1, 0.15) is 0 Å². The zero-order valence-electron chi connectivity index (χ0n) is 15.9. The molecule has 0 aliphatic carbocycles. The Kier molecular flexibility index (Phi) is 5.64. The molecule has 3 rings (SSSR count). The van der Waals surface area contributed by atoms with Gasteiger partial charge >= 0.3 is 0 Å². The lowest BCUT2D eigenvalue weighted by atomic mass is 10.1. The van der Waals surface area contributed by atoms with Gasteiger partial charge in [-0.2, -0.15) is 5.10 Å². The molecule has 9 heteroatoms. The second kappa shape index (κ2) is 7.83. The minimum Gasteiger partial charge on any atom is -0.496 e. The molecule has 7 nitrogen and oxygen atoms in total. The average Bonchev–Trinajstić information content (AvgIpc) is 3.16. The number of hydrogen-bond donors (Lipinski definition) is 0. The molecule has 0 radical (unpaired) electrons. The van der Waals surface area contributed by atoms with Gasteiger partial charge in [0.1, 0.15) is 16.4 Å². The van der Waals surface area contributed by atoms with Crippen LogP contribution in [0.5, 0.6) is 11.5 Å². The van der Waals surface area contributed by atoms with Crippen molar-refractivity contribution in [3.8, 4) is 28.4 Å². The van der Waals surface area contributed by atoms with Crippen molar-refractivity contribution < 1.29 is 17.9 Å². The van der Waals surface area contributed by atoms with Gasteiger partial charge in [-0.15, -0.1) is 0 Å². The number of rotatable bonds is 6. The third-order valence-electron chi connectivity index (χ3n) is 4.24. The second-order valence-electron chi connectivity index (χ2n) is 6.07. The summed E-state index contributed by atoms with van der Waals surface area (Å²) in [5, 5.41) is 4.87. The Hall–Kier alpha value is -2.55. The smallest absolute Gasteiger partial charge is 0.246 e. The normalized spacial score (nSPS) is 11.6. The number of nitrogens with zero attached hydrogens (tertiary/aromatic N) is 3. The molecule has 0 saturated carbocycles. The molecule has 0 saturated heterocycles. The zero-order valence-corrected chi connectivity index (χ0v) is 17.5. The standard InChI is InChI=1S/C19H20ClN3O4S/c1-22(2)28(24,25)19-11-13(17(26-3)12-18(19)27-4)15-9-10-21-23(15)16-8-6-5-7-14(16)20/h5-12H,1-4H3. The van der Waals surface area contributed by atoms with Crippen LogP contribution in [0.2, 0.25) is 5.02 Å². The molecule has 0 amide bonds. The van der Waals surface area contributed by atoms with Gasteiger partial charge in [-0.1, -0.05) is 23.7 Å². The molecule has 2 aromatic carbocycles. The Labute approximate surface area is 169 Å². The van der Waals surface area contributed by atoms with Gasteiger partial charge in [-0.05, 0) is 24.3 Å². The van der Waals surface area contributed by atoms with E-state index < -0.39 is 10.0 Å². The van der Waals surface area contributed by atoms with Crippen LogP contribution in [0.25, 0.3) is 16.9 Å². The number of ether oxygens (including phenoxy) is 2. The summed E-state index contributed by atoms with van der Waals surface area (Å²) in [6.45, 7) is 0. The van der Waals surface area contributed by atoms with Crippen LogP contribution >= 0.6 is 11.6 Å². The first-order chi connectivity index (χ1) is 13.3. The van der Waals surface area contributed by atoms with Crippen molar-refractivity contribution in [3.05, 3.63) is 53.7 Å². The molecule has 28 heavy (non-hydrogen) atoms. The van der Waals surface area contributed by atoms with Gasteiger partial charge in [0.15, 0.2) is 0 Å². The van der Waals surface area contributed by atoms with Crippen molar-refractivity contribution in [2.24, 2.45) is 0 Å². The van der Waals surface area contributed by atoms with Crippen LogP contribution in [-0.2, 0) is 10.0 Å². The fourth-order valence-electron chi connectivity index (χ4n) is 2.79. The summed E-state index contributed by atoms with van der Waals surface area (Å²) in [4.78, 5) is 0.0303. The first-order valence-electron chi connectivity index (χ1n) is 8.29. The highest BCUT2D eigenvalue weighted by atomic mass is 35.5. The molecule has 0 aliphatic heterocycles. The Morgan fingerprint density at radius 1 is 1.04 bits per heavy atom. The summed E-state index contributed by atoms with van der Waals surface area (Å²) >= 11 is 6.33. The quantitative estimate of drug-likeness (QED) is 0.609. The summed E-state index contributed by atoms with van der Waals surface area (Å²) < 4.78 is 39.2. The van der Waals surface area contributed by atoms with E-state index in [1.165, 1.54) is 34.4 Å². The van der Waals surface area contributed by atoms with Gasteiger partial charge in [-0.25, -0.2) is 17.4 Å². The number of halogens is 1. The van der Waals surface area contributed by atoms with E-state index in [-0.39, 0.29) is 10.6 Å². The number of aromatic nitrogens is 2. The lowest BCUT2D eigenvalue weighted by Gasteiger charge is -2.18. The molecule has 0 atom stereocenters. The number of para-hydroxylation sites is 1. The van der Waals surface area contributed by atoms with Crippen LogP contribution in [0.4, 0.5) is 0 Å². The largest absolute Gasteiger partial charge is 0.496 e. The fraction of sp³-hybridized carbons (Fsp3) is 0.211. The van der Waals surface area contributed by atoms with E-state index in [1.54, 1.807) is 29.1 Å². The number of sulfonamides is 1. The highest BCUT2D eigenvalue weighted by molar-refractivity contribution is 7.89. The van der Waals surface area contributed by atoms with Gasteiger partial charge in [0.25, 0.3) is 0 Å². The predicted octanol–water partition coefficient (Wildman–Crippen LogP) is 3.46. The molecule has 0 unspecified atom stereocenters. The van der Waals surface area contributed by atoms with Gasteiger partial charge in [-0.3, -0.25) is 0 Å². The maximum atomic E-state index is 12.8. The fourth-order valence-corrected chi connectivity index (χ4v) is 4.06. The lowest BCUT2D eigenvalue weighted by Crippen LogP contribution is -2.23. The molecular weight excluding hydrogens is 402 g/mol. The van der Waals surface area contributed by atoms with E-state index in [0.717, 1.165) is 4.31 Å². The highest BCUT2D eigenvalue weighted by Crippen LogP contribution is 2.39. The van der Waals surface area contributed by atoms with E-state index in [1.807, 2.05) is 18.2 Å². The number of hydrogen-bond acceptors (Lipinski definition) is 5. The first kappa shape index (κ1) is 20.2. The molecule has 0 bridgehead atoms. The maximum absolute atomic E-state index is 12.8. The summed E-state index contributed by atoms with van der Waals surface area (Å²) in [7, 11) is 2.11. The average molecular weight is 422 g/mol. The molecule has 0 spiro atoms. The minimum absolute atomic E-state index is 0.0303. The predicted molar refractivity (Wildman–Crippen MR) is 108 cm³/mol. The van der Waals surface area contributed by atoms with Crippen molar-refractivity contribution in [2.75, 3.05) is 28.3 Å². The summed E-state index contributed by atoms with van der Waals surface area (Å²) in [6, 6.07) is 12.1. The third kappa shape index (κ3) is 3.46. The molecule has 0 aliphatic rings. The summed E-state index contributed by atoms with van der Waals surface area (Å²) in [5.74, 6) is 0.640. The third-order valence-corrected chi connectivity index (χ3v) is 6.40. The van der Waals surface area contributed by atoms with Gasteiger partial charge < -0.3 is 9.47 Å². The van der Waals surface area contributed by atoms with Crippen molar-refractivity contribution in [3.63, 3.8) is 0 Å². The molecule has 1 aromatic heterocycles. The SMILES string of the molecule is COc1cc(OC)c(S(=O)(=O)N(C)C)cc1-c1ccnn1-c1ccccc1Cl. The number of benzene rings is 2. The van der Waals surface area contributed by atoms with E-state index >= 15 is 0 Å². The summed E-state index contributed by atoms with van der Waals surface area (Å²) in [6.07, 6.45) is 1.61. The van der Waals surface area contributed by atoms with Gasteiger partial charge in [0.2, 0.25) is 10.0 Å². The molecule has 0 N–H and O–H groups in total.